The molecule has 2 fully saturated rings. The highest BCUT2D eigenvalue weighted by Gasteiger charge is 2.52. The van der Waals surface area contributed by atoms with Gasteiger partial charge in [-0.3, -0.25) is 4.79 Å². The topological polar surface area (TPSA) is 113 Å². The fourth-order valence-electron chi connectivity index (χ4n) is 5.71. The van der Waals surface area contributed by atoms with E-state index in [1.807, 2.05) is 19.9 Å². The van der Waals surface area contributed by atoms with Gasteiger partial charge in [-0.05, 0) is 45.7 Å². The van der Waals surface area contributed by atoms with Crippen LogP contribution in [-0.2, 0) is 10.2 Å². The van der Waals surface area contributed by atoms with E-state index in [0.29, 0.717) is 24.5 Å². The maximum Gasteiger partial charge on any atom is 0.245 e. The summed E-state index contributed by atoms with van der Waals surface area (Å²) in [5.41, 5.74) is -0.107. The minimum absolute atomic E-state index is 0.0836. The second-order valence-electron chi connectivity index (χ2n) is 10.5. The van der Waals surface area contributed by atoms with Crippen molar-refractivity contribution in [2.24, 2.45) is 5.41 Å². The highest BCUT2D eigenvalue weighted by atomic mass is 19.1. The summed E-state index contributed by atoms with van der Waals surface area (Å²) in [5, 5.41) is 18.8. The summed E-state index contributed by atoms with van der Waals surface area (Å²) in [5.74, 6) is 1.90. The van der Waals surface area contributed by atoms with Gasteiger partial charge in [0.1, 0.15) is 30.5 Å². The van der Waals surface area contributed by atoms with Crippen molar-refractivity contribution in [2.75, 3.05) is 36.1 Å². The lowest BCUT2D eigenvalue weighted by Gasteiger charge is -2.47. The molecule has 1 unspecified atom stereocenters. The largest absolute Gasteiger partial charge is 0.350 e. The first-order valence-electron chi connectivity index (χ1n) is 12.3. The fraction of sp³-hybridized carbons (Fsp3) is 0.538. The molecule has 1 saturated carbocycles. The molecule has 36 heavy (non-hydrogen) atoms. The predicted octanol–water partition coefficient (Wildman–Crippen LogP) is 3.24. The second-order valence-corrected chi connectivity index (χ2v) is 10.5. The molecular formula is C26H29FN8O. The van der Waals surface area contributed by atoms with Crippen LogP contribution in [0.4, 0.5) is 21.8 Å². The van der Waals surface area contributed by atoms with Gasteiger partial charge in [0.2, 0.25) is 5.91 Å². The molecule has 3 atom stereocenters. The number of nitrogens with zero attached hydrogens (tertiary/aromatic N) is 8. The van der Waals surface area contributed by atoms with Gasteiger partial charge < -0.3 is 14.7 Å². The van der Waals surface area contributed by atoms with E-state index >= 15 is 0 Å². The first kappa shape index (κ1) is 23.9. The molecule has 186 valence electrons. The van der Waals surface area contributed by atoms with E-state index in [9.17, 15) is 19.7 Å². The van der Waals surface area contributed by atoms with Crippen LogP contribution >= 0.6 is 0 Å². The number of pyridine rings is 1. The van der Waals surface area contributed by atoms with E-state index in [2.05, 4.69) is 25.8 Å². The van der Waals surface area contributed by atoms with Gasteiger partial charge in [0, 0.05) is 48.9 Å². The number of nitriles is 2. The van der Waals surface area contributed by atoms with Crippen molar-refractivity contribution in [3.63, 3.8) is 0 Å². The predicted molar refractivity (Wildman–Crippen MR) is 131 cm³/mol. The number of hydrogen-bond donors (Lipinski definition) is 0. The Morgan fingerprint density at radius 3 is 2.58 bits per heavy atom. The Labute approximate surface area is 210 Å². The van der Waals surface area contributed by atoms with Crippen molar-refractivity contribution in [3.05, 3.63) is 35.8 Å². The number of carbonyl (C=O) groups is 1. The highest BCUT2D eigenvalue weighted by molar-refractivity contribution is 5.86. The van der Waals surface area contributed by atoms with Gasteiger partial charge in [-0.15, -0.1) is 0 Å². The smallest absolute Gasteiger partial charge is 0.245 e. The average molecular weight is 489 g/mol. The number of halogens is 1. The molecule has 1 saturated heterocycles. The minimum Gasteiger partial charge on any atom is -0.350 e. The number of amides is 1. The Hall–Kier alpha value is -3.79. The molecule has 0 aromatic carbocycles. The molecule has 3 aliphatic rings. The number of carbonyl (C=O) groups excluding carboxylic acids is 1. The molecule has 2 aliphatic heterocycles. The quantitative estimate of drug-likeness (QED) is 0.645. The molecule has 2 aromatic rings. The number of rotatable bonds is 4. The molecular weight excluding hydrogens is 459 g/mol. The van der Waals surface area contributed by atoms with Crippen LogP contribution in [0, 0.1) is 28.1 Å². The van der Waals surface area contributed by atoms with E-state index in [0.717, 1.165) is 43.0 Å². The van der Waals surface area contributed by atoms with Crippen LogP contribution in [0.5, 0.6) is 0 Å². The van der Waals surface area contributed by atoms with Crippen molar-refractivity contribution >= 4 is 23.4 Å². The van der Waals surface area contributed by atoms with Gasteiger partial charge in [-0.2, -0.15) is 10.5 Å². The number of aromatic nitrogens is 3. The number of piperazine rings is 1. The zero-order chi connectivity index (χ0) is 25.7. The fourth-order valence-corrected chi connectivity index (χ4v) is 5.71. The highest BCUT2D eigenvalue weighted by Crippen LogP contribution is 2.56. The Morgan fingerprint density at radius 1 is 1.19 bits per heavy atom. The molecule has 0 N–H and O–H groups in total. The van der Waals surface area contributed by atoms with Crippen molar-refractivity contribution in [1.82, 2.24) is 19.9 Å². The van der Waals surface area contributed by atoms with Gasteiger partial charge in [0.25, 0.3) is 0 Å². The van der Waals surface area contributed by atoms with Crippen LogP contribution in [-0.4, -0.2) is 64.2 Å². The Morgan fingerprint density at radius 2 is 1.94 bits per heavy atom. The summed E-state index contributed by atoms with van der Waals surface area (Å²) in [6.45, 7) is 5.92. The van der Waals surface area contributed by atoms with Gasteiger partial charge >= 0.3 is 0 Å². The lowest BCUT2D eigenvalue weighted by atomic mass is 9.66. The molecule has 0 bridgehead atoms. The average Bonchev–Trinajstić information content (AvgIpc) is 3.25. The van der Waals surface area contributed by atoms with Crippen LogP contribution in [0.1, 0.15) is 51.2 Å². The maximum atomic E-state index is 13.6. The Bertz CT molecular complexity index is 1280. The number of fused-ring (bicyclic) bond motifs is 2. The molecule has 1 aliphatic carbocycles. The van der Waals surface area contributed by atoms with Crippen LogP contribution in [0.25, 0.3) is 0 Å². The monoisotopic (exact) mass is 488 g/mol. The third-order valence-electron chi connectivity index (χ3n) is 8.02. The van der Waals surface area contributed by atoms with Crippen molar-refractivity contribution in [1.29, 1.82) is 10.5 Å². The molecule has 2 aromatic heterocycles. The van der Waals surface area contributed by atoms with E-state index in [1.165, 1.54) is 6.92 Å². The Balaban J connectivity index is 1.50. The van der Waals surface area contributed by atoms with Crippen LogP contribution < -0.4 is 9.80 Å². The number of hydrogen-bond acceptors (Lipinski definition) is 8. The third-order valence-corrected chi connectivity index (χ3v) is 8.02. The van der Waals surface area contributed by atoms with Crippen LogP contribution in [0.3, 0.4) is 0 Å². The molecule has 4 heterocycles. The first-order valence-corrected chi connectivity index (χ1v) is 12.3. The normalized spacial score (nSPS) is 23.9. The van der Waals surface area contributed by atoms with Gasteiger partial charge in [0.15, 0.2) is 5.41 Å². The van der Waals surface area contributed by atoms with E-state index < -0.39 is 18.0 Å². The standard InChI is InChI=1S/C26H29FN8O/c1-17-12-34(24(36)25(3,13-27)14-29)18(2)11-33(17)22-21-23(32-16-31-22)35(15-26(21)6-4-7-26)20-9-19(10-28)5-8-30-20/h5,8-9,16-18H,4,6-7,11-13,15H2,1-3H3/t17-,18+,25?/m0/s1. The summed E-state index contributed by atoms with van der Waals surface area (Å²) in [6.07, 6.45) is 6.38. The summed E-state index contributed by atoms with van der Waals surface area (Å²) in [4.78, 5) is 33.0. The summed E-state index contributed by atoms with van der Waals surface area (Å²) in [6, 6.07) is 7.22. The van der Waals surface area contributed by atoms with Crippen LogP contribution in [0.2, 0.25) is 0 Å². The third kappa shape index (κ3) is 3.55. The first-order chi connectivity index (χ1) is 17.3. The maximum absolute atomic E-state index is 13.6. The van der Waals surface area contributed by atoms with Gasteiger partial charge in [-0.25, -0.2) is 19.3 Å². The van der Waals surface area contributed by atoms with Crippen molar-refractivity contribution < 1.29 is 9.18 Å². The molecule has 1 spiro atoms. The zero-order valence-corrected chi connectivity index (χ0v) is 20.8. The van der Waals surface area contributed by atoms with E-state index in [1.54, 1.807) is 29.6 Å². The summed E-state index contributed by atoms with van der Waals surface area (Å²) >= 11 is 0. The number of alkyl halides is 1. The Kier molecular flexibility index (Phi) is 5.78. The minimum atomic E-state index is -1.67. The van der Waals surface area contributed by atoms with Crippen molar-refractivity contribution in [2.45, 2.75) is 57.5 Å². The molecule has 9 nitrogen and oxygen atoms in total. The van der Waals surface area contributed by atoms with E-state index in [4.69, 9.17) is 4.98 Å². The number of anilines is 3. The van der Waals surface area contributed by atoms with E-state index in [-0.39, 0.29) is 17.5 Å². The molecule has 1 amide bonds. The molecule has 10 heteroatoms. The zero-order valence-electron chi connectivity index (χ0n) is 20.8. The van der Waals surface area contributed by atoms with Gasteiger partial charge in [-0.1, -0.05) is 6.42 Å². The summed E-state index contributed by atoms with van der Waals surface area (Å²) in [7, 11) is 0. The second kappa shape index (κ2) is 8.70. The van der Waals surface area contributed by atoms with Crippen molar-refractivity contribution in [3.8, 4) is 12.1 Å². The molecule has 0 radical (unpaired) electrons. The lowest BCUT2D eigenvalue weighted by Crippen LogP contribution is -2.61. The van der Waals surface area contributed by atoms with Gasteiger partial charge in [0.05, 0.1) is 17.7 Å². The molecule has 5 rings (SSSR count). The lowest BCUT2D eigenvalue weighted by molar-refractivity contribution is -0.142. The summed E-state index contributed by atoms with van der Waals surface area (Å²) < 4.78 is 13.6. The van der Waals surface area contributed by atoms with Crippen LogP contribution in [0.15, 0.2) is 24.7 Å². The SMILES string of the molecule is C[C@@H]1CN(c2ncnc3c2C2(CCC2)CN3c2cc(C#N)ccn2)[C@@H](C)CN1C(=O)C(C)(C#N)CF.